The molecule has 0 aliphatic rings. The van der Waals surface area contributed by atoms with E-state index in [0.717, 1.165) is 11.1 Å². The third-order valence-electron chi connectivity index (χ3n) is 4.00. The summed E-state index contributed by atoms with van der Waals surface area (Å²) in [5.41, 5.74) is 4.88. The maximum absolute atomic E-state index is 12.2. The number of alkyl halides is 3. The van der Waals surface area contributed by atoms with Gasteiger partial charge >= 0.3 is 6.18 Å². The number of allylic oxidation sites excluding steroid dienone is 2. The fraction of sp³-hybridized carbons (Fsp3) is 0.263. The molecule has 1 aromatic heterocycles. The smallest absolute Gasteiger partial charge is 0.402 e. The molecule has 0 radical (unpaired) electrons. The highest BCUT2D eigenvalue weighted by Crippen LogP contribution is 2.29. The summed E-state index contributed by atoms with van der Waals surface area (Å²) < 4.78 is 41.8. The van der Waals surface area contributed by atoms with E-state index in [9.17, 15) is 23.6 Å². The number of nitrogens with zero attached hydrogens (tertiary/aromatic N) is 3. The fourth-order valence-corrected chi connectivity index (χ4v) is 2.51. The van der Waals surface area contributed by atoms with E-state index in [0.29, 0.717) is 22.6 Å². The summed E-state index contributed by atoms with van der Waals surface area (Å²) in [4.78, 5) is 4.15. The van der Waals surface area contributed by atoms with E-state index in [1.54, 1.807) is 26.2 Å². The van der Waals surface area contributed by atoms with Crippen LogP contribution >= 0.6 is 0 Å². The molecule has 2 N–H and O–H groups in total. The first-order valence-corrected chi connectivity index (χ1v) is 8.18. The molecule has 0 unspecified atom stereocenters. The van der Waals surface area contributed by atoms with E-state index < -0.39 is 12.7 Å². The number of hydrazine groups is 1. The molecule has 0 spiro atoms. The lowest BCUT2D eigenvalue weighted by atomic mass is 9.95. The molecule has 9 heteroatoms. The van der Waals surface area contributed by atoms with Crippen LogP contribution in [0.15, 0.2) is 36.5 Å². The van der Waals surface area contributed by atoms with Gasteiger partial charge in [0, 0.05) is 0 Å². The molecular formula is C19H19F3N4O2. The van der Waals surface area contributed by atoms with Gasteiger partial charge in [-0.1, -0.05) is 0 Å². The Morgan fingerprint density at radius 3 is 2.54 bits per heavy atom. The number of hydrogen-bond donors (Lipinski definition) is 2. The van der Waals surface area contributed by atoms with E-state index in [4.69, 9.17) is 4.74 Å². The first-order chi connectivity index (χ1) is 13.2. The molecule has 0 fully saturated rings. The molecule has 0 atom stereocenters. The number of halogens is 3. The number of ether oxygens (including phenoxy) is 1. The van der Waals surface area contributed by atoms with Gasteiger partial charge in [0.05, 0.1) is 24.6 Å². The van der Waals surface area contributed by atoms with Gasteiger partial charge in [0.25, 0.3) is 0 Å². The lowest BCUT2D eigenvalue weighted by Crippen LogP contribution is -2.41. The van der Waals surface area contributed by atoms with Crippen molar-refractivity contribution in [1.82, 2.24) is 10.4 Å². The predicted octanol–water partition coefficient (Wildman–Crippen LogP) is 4.12. The molecule has 0 saturated carbocycles. The number of nitriles is 1. The van der Waals surface area contributed by atoms with Crippen molar-refractivity contribution in [2.75, 3.05) is 18.8 Å². The van der Waals surface area contributed by atoms with E-state index in [1.165, 1.54) is 18.3 Å². The Morgan fingerprint density at radius 2 is 2.04 bits per heavy atom. The van der Waals surface area contributed by atoms with Crippen molar-refractivity contribution in [1.29, 1.82) is 5.26 Å². The van der Waals surface area contributed by atoms with Crippen LogP contribution in [0.25, 0.3) is 11.1 Å². The van der Waals surface area contributed by atoms with Crippen LogP contribution in [0.4, 0.5) is 18.9 Å². The second-order valence-corrected chi connectivity index (χ2v) is 5.96. The predicted molar refractivity (Wildman–Crippen MR) is 98.4 cm³/mol. The van der Waals surface area contributed by atoms with Gasteiger partial charge in [0.15, 0.2) is 0 Å². The summed E-state index contributed by atoms with van der Waals surface area (Å²) in [5, 5.41) is 19.5. The molecule has 2 rings (SSSR count). The molecule has 0 aliphatic carbocycles. The summed E-state index contributed by atoms with van der Waals surface area (Å²) in [6, 6.07) is 10.4. The molecule has 28 heavy (non-hydrogen) atoms. The average Bonchev–Trinajstić information content (AvgIpc) is 2.67. The van der Waals surface area contributed by atoms with Crippen LogP contribution in [0.3, 0.4) is 0 Å². The Morgan fingerprint density at radius 1 is 1.32 bits per heavy atom. The maximum Gasteiger partial charge on any atom is 0.402 e. The van der Waals surface area contributed by atoms with Gasteiger partial charge < -0.3 is 4.74 Å². The van der Waals surface area contributed by atoms with Gasteiger partial charge in [0.1, 0.15) is 24.1 Å². The van der Waals surface area contributed by atoms with Gasteiger partial charge in [-0.2, -0.15) is 23.6 Å². The van der Waals surface area contributed by atoms with Crippen molar-refractivity contribution in [2.24, 2.45) is 0 Å². The number of anilines is 1. The molecule has 0 saturated heterocycles. The van der Waals surface area contributed by atoms with Crippen LogP contribution in [0.5, 0.6) is 5.75 Å². The monoisotopic (exact) mass is 392 g/mol. The molecular weight excluding hydrogens is 373 g/mol. The molecule has 6 nitrogen and oxygen atoms in total. The number of hydrogen-bond acceptors (Lipinski definition) is 6. The third-order valence-corrected chi connectivity index (χ3v) is 4.00. The number of nitrogens with one attached hydrogen (secondary N) is 1. The zero-order chi connectivity index (χ0) is 20.9. The number of methoxy groups -OCH3 is 1. The Hall–Kier alpha value is -3.09. The van der Waals surface area contributed by atoms with Gasteiger partial charge in [-0.25, -0.2) is 5.43 Å². The van der Waals surface area contributed by atoms with Gasteiger partial charge in [0.2, 0.25) is 0 Å². The summed E-state index contributed by atoms with van der Waals surface area (Å²) in [6.45, 7) is 2.19. The second-order valence-electron chi connectivity index (χ2n) is 5.96. The van der Waals surface area contributed by atoms with E-state index in [-0.39, 0.29) is 10.9 Å². The lowest BCUT2D eigenvalue weighted by molar-refractivity contribution is -0.128. The lowest BCUT2D eigenvalue weighted by Gasteiger charge is -2.19. The fourth-order valence-electron chi connectivity index (χ4n) is 2.51. The summed E-state index contributed by atoms with van der Waals surface area (Å²) in [5.74, 6) is 0.674. The Balaban J connectivity index is 2.29. The van der Waals surface area contributed by atoms with Crippen LogP contribution in [0, 0.1) is 18.3 Å². The highest BCUT2D eigenvalue weighted by atomic mass is 19.4. The highest BCUT2D eigenvalue weighted by molar-refractivity contribution is 5.96. The molecule has 0 amide bonds. The normalized spacial score (nSPS) is 12.2. The van der Waals surface area contributed by atoms with Crippen molar-refractivity contribution in [3.8, 4) is 11.8 Å². The van der Waals surface area contributed by atoms with Crippen LogP contribution in [0.2, 0.25) is 0 Å². The Kier molecular flexibility index (Phi) is 6.62. The van der Waals surface area contributed by atoms with E-state index in [2.05, 4.69) is 11.1 Å². The molecule has 0 bridgehead atoms. The first kappa shape index (κ1) is 21.2. The minimum absolute atomic E-state index is 0.0277. The van der Waals surface area contributed by atoms with Gasteiger partial charge in [-0.3, -0.25) is 10.2 Å². The zero-order valence-electron chi connectivity index (χ0n) is 15.5. The summed E-state index contributed by atoms with van der Waals surface area (Å²) in [6.07, 6.45) is -3.26. The van der Waals surface area contributed by atoms with Crippen molar-refractivity contribution in [2.45, 2.75) is 20.0 Å². The SMILES string of the molecule is COc1ccc(/C(C#N)=C(\C)c2ccc(N(O)NCC(F)(F)F)cn2)c(C)c1. The second kappa shape index (κ2) is 8.73. The Bertz CT molecular complexity index is 903. The number of benzene rings is 1. The quantitative estimate of drug-likeness (QED) is 0.569. The Labute approximate surface area is 160 Å². The summed E-state index contributed by atoms with van der Waals surface area (Å²) in [7, 11) is 1.56. The van der Waals surface area contributed by atoms with Crippen LogP contribution in [0.1, 0.15) is 23.7 Å². The number of rotatable bonds is 6. The van der Waals surface area contributed by atoms with Crippen LogP contribution < -0.4 is 15.3 Å². The maximum atomic E-state index is 12.2. The van der Waals surface area contributed by atoms with Crippen LogP contribution in [-0.2, 0) is 0 Å². The standard InChI is InChI=1S/C19H19F3N4O2/c1-12-8-15(28-3)5-6-16(12)17(9-23)13(2)18-7-4-14(10-24-18)26(27)25-11-19(20,21)22/h4-8,10,25,27H,11H2,1-3H3/b17-13+. The molecule has 1 heterocycles. The van der Waals surface area contributed by atoms with Crippen molar-refractivity contribution in [3.63, 3.8) is 0 Å². The van der Waals surface area contributed by atoms with Crippen molar-refractivity contribution >= 4 is 16.8 Å². The number of pyridine rings is 1. The highest BCUT2D eigenvalue weighted by Gasteiger charge is 2.27. The minimum Gasteiger partial charge on any atom is -0.497 e. The van der Waals surface area contributed by atoms with Crippen molar-refractivity contribution in [3.05, 3.63) is 53.3 Å². The largest absolute Gasteiger partial charge is 0.497 e. The summed E-state index contributed by atoms with van der Waals surface area (Å²) >= 11 is 0. The van der Waals surface area contributed by atoms with E-state index in [1.807, 2.05) is 18.4 Å². The van der Waals surface area contributed by atoms with Crippen LogP contribution in [-0.4, -0.2) is 30.0 Å². The topological polar surface area (TPSA) is 81.4 Å². The number of aromatic nitrogens is 1. The molecule has 2 aromatic rings. The van der Waals surface area contributed by atoms with Gasteiger partial charge in [-0.15, -0.1) is 0 Å². The molecule has 148 valence electrons. The average molecular weight is 392 g/mol. The zero-order valence-corrected chi connectivity index (χ0v) is 15.5. The number of aryl methyl sites for hydroxylation is 1. The van der Waals surface area contributed by atoms with Crippen molar-refractivity contribution < 1.29 is 23.1 Å². The molecule has 1 aromatic carbocycles. The van der Waals surface area contributed by atoms with E-state index >= 15 is 0 Å². The molecule has 0 aliphatic heterocycles. The third kappa shape index (κ3) is 5.22. The minimum atomic E-state index is -4.47. The first-order valence-electron chi connectivity index (χ1n) is 8.18. The van der Waals surface area contributed by atoms with Gasteiger partial charge in [-0.05, 0) is 60.9 Å².